The topological polar surface area (TPSA) is 108 Å². The first-order valence-corrected chi connectivity index (χ1v) is 5.53. The van der Waals surface area contributed by atoms with E-state index in [9.17, 15) is 14.9 Å². The maximum atomic E-state index is 10.9. The van der Waals surface area contributed by atoms with Gasteiger partial charge in [-0.25, -0.2) is 4.98 Å². The van der Waals surface area contributed by atoms with Gasteiger partial charge in [-0.3, -0.25) is 14.9 Å². The van der Waals surface area contributed by atoms with Crippen molar-refractivity contribution in [2.75, 3.05) is 6.61 Å². The zero-order valence-electron chi connectivity index (χ0n) is 9.91. The third kappa shape index (κ3) is 2.76. The summed E-state index contributed by atoms with van der Waals surface area (Å²) in [6, 6.07) is 6.15. The zero-order chi connectivity index (χ0) is 13.8. The zero-order valence-corrected chi connectivity index (χ0v) is 9.91. The molecule has 0 fully saturated rings. The average Bonchev–Trinajstić information content (AvgIpc) is 2.38. The molecule has 0 saturated heterocycles. The van der Waals surface area contributed by atoms with Crippen molar-refractivity contribution in [3.05, 3.63) is 40.6 Å². The van der Waals surface area contributed by atoms with Crippen molar-refractivity contribution >= 4 is 22.5 Å². The van der Waals surface area contributed by atoms with Crippen LogP contribution in [-0.2, 0) is 4.79 Å². The highest BCUT2D eigenvalue weighted by Crippen LogP contribution is 2.31. The third-order valence-electron chi connectivity index (χ3n) is 2.51. The van der Waals surface area contributed by atoms with Gasteiger partial charge in [0, 0.05) is 17.6 Å². The van der Waals surface area contributed by atoms with Gasteiger partial charge in [-0.05, 0) is 18.2 Å². The van der Waals surface area contributed by atoms with Crippen molar-refractivity contribution in [2.45, 2.75) is 6.42 Å². The van der Waals surface area contributed by atoms with Crippen LogP contribution in [0.1, 0.15) is 6.42 Å². The van der Waals surface area contributed by atoms with Crippen molar-refractivity contribution in [3.8, 4) is 5.75 Å². The van der Waals surface area contributed by atoms with E-state index < -0.39 is 10.8 Å². The molecular formula is C12H11N3O4. The van der Waals surface area contributed by atoms with Crippen LogP contribution in [0.5, 0.6) is 5.75 Å². The number of fused-ring (bicyclic) bond motifs is 1. The predicted molar refractivity (Wildman–Crippen MR) is 67.7 cm³/mol. The summed E-state index contributed by atoms with van der Waals surface area (Å²) < 4.78 is 5.40. The van der Waals surface area contributed by atoms with Gasteiger partial charge in [-0.2, -0.15) is 0 Å². The second kappa shape index (κ2) is 5.30. The number of hydrogen-bond donors (Lipinski definition) is 1. The molecule has 1 heterocycles. The van der Waals surface area contributed by atoms with E-state index >= 15 is 0 Å². The fraction of sp³-hybridized carbons (Fsp3) is 0.167. The Morgan fingerprint density at radius 2 is 2.21 bits per heavy atom. The van der Waals surface area contributed by atoms with Crippen LogP contribution < -0.4 is 10.5 Å². The molecule has 1 amide bonds. The number of benzene rings is 1. The molecule has 0 aliphatic carbocycles. The second-order valence-corrected chi connectivity index (χ2v) is 3.80. The van der Waals surface area contributed by atoms with Crippen LogP contribution in [0, 0.1) is 10.1 Å². The van der Waals surface area contributed by atoms with E-state index in [1.165, 1.54) is 18.3 Å². The van der Waals surface area contributed by atoms with Gasteiger partial charge in [0.25, 0.3) is 5.69 Å². The van der Waals surface area contributed by atoms with Crippen LogP contribution >= 0.6 is 0 Å². The molecule has 7 heteroatoms. The predicted octanol–water partition coefficient (Wildman–Crippen LogP) is 1.40. The Morgan fingerprint density at radius 3 is 2.89 bits per heavy atom. The number of nitrogens with zero attached hydrogens (tertiary/aromatic N) is 2. The molecule has 0 aliphatic rings. The monoisotopic (exact) mass is 261 g/mol. The van der Waals surface area contributed by atoms with Crippen LogP contribution in [0.15, 0.2) is 30.5 Å². The molecule has 0 saturated carbocycles. The first-order chi connectivity index (χ1) is 9.09. The van der Waals surface area contributed by atoms with E-state index in [-0.39, 0.29) is 24.2 Å². The van der Waals surface area contributed by atoms with Crippen LogP contribution in [0.2, 0.25) is 0 Å². The second-order valence-electron chi connectivity index (χ2n) is 3.80. The number of carbonyl (C=O) groups excluding carboxylic acids is 1. The van der Waals surface area contributed by atoms with Gasteiger partial charge in [0.1, 0.15) is 5.75 Å². The Hall–Kier alpha value is -2.70. The molecular weight excluding hydrogens is 250 g/mol. The quantitative estimate of drug-likeness (QED) is 0.646. The van der Waals surface area contributed by atoms with Crippen molar-refractivity contribution in [1.29, 1.82) is 0 Å². The van der Waals surface area contributed by atoms with Gasteiger partial charge in [-0.1, -0.05) is 0 Å². The smallest absolute Gasteiger partial charge is 0.295 e. The Morgan fingerprint density at radius 1 is 1.42 bits per heavy atom. The molecule has 2 rings (SSSR count). The lowest BCUT2D eigenvalue weighted by Crippen LogP contribution is -2.14. The summed E-state index contributed by atoms with van der Waals surface area (Å²) in [5.41, 5.74) is 5.18. The molecule has 1 aromatic carbocycles. The first kappa shape index (κ1) is 12.7. The summed E-state index contributed by atoms with van der Waals surface area (Å²) in [6.07, 6.45) is 1.56. The van der Waals surface area contributed by atoms with Crippen molar-refractivity contribution in [2.24, 2.45) is 5.73 Å². The number of primary amides is 1. The minimum absolute atomic E-state index is 0.0821. The number of ether oxygens (including phenoxy) is 1. The highest BCUT2D eigenvalue weighted by molar-refractivity contribution is 5.92. The van der Waals surface area contributed by atoms with Gasteiger partial charge in [0.05, 0.1) is 18.0 Å². The molecule has 0 bridgehead atoms. The highest BCUT2D eigenvalue weighted by atomic mass is 16.6. The molecule has 2 aromatic rings. The average molecular weight is 261 g/mol. The summed E-state index contributed by atoms with van der Waals surface area (Å²) in [5, 5.41) is 11.4. The van der Waals surface area contributed by atoms with E-state index in [4.69, 9.17) is 10.5 Å². The lowest BCUT2D eigenvalue weighted by Gasteiger charge is -2.08. The summed E-state index contributed by atoms with van der Waals surface area (Å²) in [4.78, 5) is 25.0. The SMILES string of the molecule is NC(=O)CCOc1ccc([N+](=O)[O-])c2ncccc12. The van der Waals surface area contributed by atoms with Crippen molar-refractivity contribution in [3.63, 3.8) is 0 Å². The summed E-state index contributed by atoms with van der Waals surface area (Å²) in [5.74, 6) is -0.0284. The number of nitro benzene ring substituents is 1. The molecule has 1 aromatic heterocycles. The number of non-ortho nitro benzene ring substituents is 1. The minimum atomic E-state index is -0.497. The van der Waals surface area contributed by atoms with E-state index in [2.05, 4.69) is 4.98 Å². The fourth-order valence-corrected chi connectivity index (χ4v) is 1.67. The fourth-order valence-electron chi connectivity index (χ4n) is 1.67. The maximum absolute atomic E-state index is 10.9. The van der Waals surface area contributed by atoms with Gasteiger partial charge in [-0.15, -0.1) is 0 Å². The number of aromatic nitrogens is 1. The highest BCUT2D eigenvalue weighted by Gasteiger charge is 2.15. The van der Waals surface area contributed by atoms with Crippen LogP contribution in [0.3, 0.4) is 0 Å². The Bertz CT molecular complexity index is 642. The maximum Gasteiger partial charge on any atom is 0.295 e. The lowest BCUT2D eigenvalue weighted by atomic mass is 10.1. The number of nitrogens with two attached hydrogens (primary N) is 1. The van der Waals surface area contributed by atoms with E-state index in [1.807, 2.05) is 0 Å². The lowest BCUT2D eigenvalue weighted by molar-refractivity contribution is -0.383. The molecule has 2 N–H and O–H groups in total. The van der Waals surface area contributed by atoms with Crippen LogP contribution in [0.4, 0.5) is 5.69 Å². The number of pyridine rings is 1. The molecule has 0 atom stereocenters. The molecule has 0 aliphatic heterocycles. The Labute approximate surface area is 108 Å². The van der Waals surface area contributed by atoms with E-state index in [0.29, 0.717) is 11.1 Å². The molecule has 98 valence electrons. The third-order valence-corrected chi connectivity index (χ3v) is 2.51. The molecule has 0 radical (unpaired) electrons. The standard InChI is InChI=1S/C12H11N3O4/c13-11(16)5-7-19-10-4-3-9(15(17)18)12-8(10)2-1-6-14-12/h1-4,6H,5,7H2,(H2,13,16). The molecule has 0 spiro atoms. The molecule has 7 nitrogen and oxygen atoms in total. The summed E-state index contributed by atoms with van der Waals surface area (Å²) >= 11 is 0. The molecule has 0 unspecified atom stereocenters. The number of amides is 1. The Balaban J connectivity index is 2.38. The Kier molecular flexibility index (Phi) is 3.56. The minimum Gasteiger partial charge on any atom is -0.492 e. The number of nitro groups is 1. The number of hydrogen-bond acceptors (Lipinski definition) is 5. The number of rotatable bonds is 5. The van der Waals surface area contributed by atoms with Crippen molar-refractivity contribution < 1.29 is 14.5 Å². The molecule has 19 heavy (non-hydrogen) atoms. The van der Waals surface area contributed by atoms with E-state index in [1.54, 1.807) is 12.1 Å². The van der Waals surface area contributed by atoms with E-state index in [0.717, 1.165) is 0 Å². The van der Waals surface area contributed by atoms with Gasteiger partial charge >= 0.3 is 0 Å². The summed E-state index contributed by atoms with van der Waals surface area (Å²) in [7, 11) is 0. The summed E-state index contributed by atoms with van der Waals surface area (Å²) in [6.45, 7) is 0.122. The first-order valence-electron chi connectivity index (χ1n) is 5.53. The normalized spacial score (nSPS) is 10.3. The van der Waals surface area contributed by atoms with Crippen molar-refractivity contribution in [1.82, 2.24) is 4.98 Å². The van der Waals surface area contributed by atoms with Crippen LogP contribution in [-0.4, -0.2) is 22.4 Å². The van der Waals surface area contributed by atoms with Gasteiger partial charge < -0.3 is 10.5 Å². The number of carbonyl (C=O) groups is 1. The van der Waals surface area contributed by atoms with Crippen LogP contribution in [0.25, 0.3) is 10.9 Å². The van der Waals surface area contributed by atoms with Gasteiger partial charge in [0.15, 0.2) is 5.52 Å². The largest absolute Gasteiger partial charge is 0.492 e. The van der Waals surface area contributed by atoms with Gasteiger partial charge in [0.2, 0.25) is 5.91 Å².